The van der Waals surface area contributed by atoms with Crippen molar-refractivity contribution in [3.05, 3.63) is 0 Å². The van der Waals surface area contributed by atoms with E-state index in [1.807, 2.05) is 0 Å². The first kappa shape index (κ1) is 12.0. The quantitative estimate of drug-likeness (QED) is 0.799. The number of hydrogen-bond donors (Lipinski definition) is 1. The number of aliphatic carboxylic acids is 1. The Bertz CT molecular complexity index is 360. The normalized spacial score (nSPS) is 36.0. The van der Waals surface area contributed by atoms with Gasteiger partial charge in [0.05, 0.1) is 18.4 Å². The molecule has 0 aromatic heterocycles. The number of amides is 1. The molecule has 3 rings (SSSR count). The van der Waals surface area contributed by atoms with E-state index in [4.69, 9.17) is 4.74 Å². The summed E-state index contributed by atoms with van der Waals surface area (Å²) in [4.78, 5) is 25.3. The Hall–Kier alpha value is -1.10. The van der Waals surface area contributed by atoms with Crippen LogP contribution in [0.3, 0.4) is 0 Å². The lowest BCUT2D eigenvalue weighted by molar-refractivity contribution is -0.143. The standard InChI is InChI=1S/C13H19NO4/c15-12(9-3-4-18-7-9)14-5-10(8-1-2-8)11(6-14)13(16)17/h8-11H,1-7H2,(H,16,17)/t9?,10-,11+/m1/s1. The molecule has 2 heterocycles. The second-order valence-electron chi connectivity index (χ2n) is 5.75. The zero-order valence-electron chi connectivity index (χ0n) is 10.4. The molecule has 3 aliphatic rings. The molecule has 2 saturated heterocycles. The predicted molar refractivity (Wildman–Crippen MR) is 62.8 cm³/mol. The fourth-order valence-electron chi connectivity index (χ4n) is 3.26. The van der Waals surface area contributed by atoms with E-state index < -0.39 is 5.97 Å². The molecule has 3 atom stereocenters. The summed E-state index contributed by atoms with van der Waals surface area (Å²) >= 11 is 0. The highest BCUT2D eigenvalue weighted by atomic mass is 16.5. The van der Waals surface area contributed by atoms with Crippen molar-refractivity contribution in [3.8, 4) is 0 Å². The lowest BCUT2D eigenvalue weighted by Gasteiger charge is -2.19. The second-order valence-corrected chi connectivity index (χ2v) is 5.75. The molecule has 2 aliphatic heterocycles. The third-order valence-corrected chi connectivity index (χ3v) is 4.50. The molecule has 5 nitrogen and oxygen atoms in total. The minimum Gasteiger partial charge on any atom is -0.481 e. The van der Waals surface area contributed by atoms with Gasteiger partial charge in [-0.3, -0.25) is 9.59 Å². The topological polar surface area (TPSA) is 66.8 Å². The number of nitrogens with zero attached hydrogens (tertiary/aromatic N) is 1. The second kappa shape index (κ2) is 4.53. The van der Waals surface area contributed by atoms with Crippen molar-refractivity contribution in [2.45, 2.75) is 19.3 Å². The van der Waals surface area contributed by atoms with Crippen LogP contribution in [0.1, 0.15) is 19.3 Å². The molecule has 0 radical (unpaired) electrons. The summed E-state index contributed by atoms with van der Waals surface area (Å²) in [5.41, 5.74) is 0. The smallest absolute Gasteiger partial charge is 0.308 e. The van der Waals surface area contributed by atoms with Crippen LogP contribution in [0, 0.1) is 23.7 Å². The van der Waals surface area contributed by atoms with Crippen LogP contribution in [0.4, 0.5) is 0 Å². The van der Waals surface area contributed by atoms with Gasteiger partial charge in [0.25, 0.3) is 0 Å². The average Bonchev–Trinajstić information content (AvgIpc) is 2.91. The number of carboxylic acid groups (broad SMARTS) is 1. The summed E-state index contributed by atoms with van der Waals surface area (Å²) in [5, 5.41) is 9.26. The number of likely N-dealkylation sites (tertiary alicyclic amines) is 1. The molecule has 0 bridgehead atoms. The van der Waals surface area contributed by atoms with Crippen LogP contribution < -0.4 is 0 Å². The first-order chi connectivity index (χ1) is 8.66. The minimum absolute atomic E-state index is 0.0441. The zero-order chi connectivity index (χ0) is 12.7. The summed E-state index contributed by atoms with van der Waals surface area (Å²) < 4.78 is 5.23. The number of carbonyl (C=O) groups is 2. The number of carbonyl (C=O) groups excluding carboxylic acids is 1. The van der Waals surface area contributed by atoms with Crippen molar-refractivity contribution in [1.29, 1.82) is 0 Å². The molecule has 3 fully saturated rings. The molecule has 0 aromatic rings. The summed E-state index contributed by atoms with van der Waals surface area (Å²) in [7, 11) is 0. The van der Waals surface area contributed by atoms with Gasteiger partial charge < -0.3 is 14.7 Å². The van der Waals surface area contributed by atoms with E-state index in [9.17, 15) is 14.7 Å². The lowest BCUT2D eigenvalue weighted by atomic mass is 9.92. The highest BCUT2D eigenvalue weighted by Gasteiger charge is 2.47. The van der Waals surface area contributed by atoms with Crippen LogP contribution in [0.25, 0.3) is 0 Å². The molecular formula is C13H19NO4. The molecule has 100 valence electrons. The van der Waals surface area contributed by atoms with Crippen molar-refractivity contribution in [2.75, 3.05) is 26.3 Å². The Kier molecular flexibility index (Phi) is 3.01. The van der Waals surface area contributed by atoms with Crippen LogP contribution in [-0.2, 0) is 14.3 Å². The van der Waals surface area contributed by atoms with Gasteiger partial charge in [0.1, 0.15) is 0 Å². The van der Waals surface area contributed by atoms with Crippen LogP contribution >= 0.6 is 0 Å². The predicted octanol–water partition coefficient (Wildman–Crippen LogP) is 0.592. The minimum atomic E-state index is -0.745. The molecule has 18 heavy (non-hydrogen) atoms. The fraction of sp³-hybridized carbons (Fsp3) is 0.846. The SMILES string of the molecule is O=C(O)[C@H]1CN(C(=O)C2CCOC2)C[C@@H]1C1CC1. The highest BCUT2D eigenvalue weighted by molar-refractivity contribution is 5.81. The molecule has 1 aliphatic carbocycles. The highest BCUT2D eigenvalue weighted by Crippen LogP contribution is 2.44. The maximum atomic E-state index is 12.3. The number of ether oxygens (including phenoxy) is 1. The maximum Gasteiger partial charge on any atom is 0.308 e. The molecule has 1 amide bonds. The number of rotatable bonds is 3. The molecular weight excluding hydrogens is 234 g/mol. The molecule has 1 unspecified atom stereocenters. The Morgan fingerprint density at radius 2 is 1.94 bits per heavy atom. The Labute approximate surface area is 106 Å². The largest absolute Gasteiger partial charge is 0.481 e. The van der Waals surface area contributed by atoms with Crippen LogP contribution in [0.15, 0.2) is 0 Å². The van der Waals surface area contributed by atoms with Crippen LogP contribution in [-0.4, -0.2) is 48.2 Å². The van der Waals surface area contributed by atoms with E-state index in [0.717, 1.165) is 19.3 Å². The summed E-state index contributed by atoms with van der Waals surface area (Å²) in [6, 6.07) is 0. The van der Waals surface area contributed by atoms with E-state index >= 15 is 0 Å². The molecule has 1 saturated carbocycles. The Balaban J connectivity index is 1.67. The Morgan fingerprint density at radius 3 is 2.50 bits per heavy atom. The maximum absolute atomic E-state index is 12.3. The molecule has 5 heteroatoms. The van der Waals surface area contributed by atoms with E-state index in [1.54, 1.807) is 4.90 Å². The van der Waals surface area contributed by atoms with Crippen molar-refractivity contribution >= 4 is 11.9 Å². The van der Waals surface area contributed by atoms with E-state index in [-0.39, 0.29) is 23.7 Å². The summed E-state index contributed by atoms with van der Waals surface area (Å²) in [5.74, 6) is -0.342. The average molecular weight is 253 g/mol. The van der Waals surface area contributed by atoms with Gasteiger partial charge in [-0.2, -0.15) is 0 Å². The van der Waals surface area contributed by atoms with Crippen molar-refractivity contribution in [1.82, 2.24) is 4.90 Å². The third kappa shape index (κ3) is 2.11. The number of hydrogen-bond acceptors (Lipinski definition) is 3. The zero-order valence-corrected chi connectivity index (χ0v) is 10.4. The van der Waals surface area contributed by atoms with Gasteiger partial charge in [0.15, 0.2) is 0 Å². The summed E-state index contributed by atoms with van der Waals surface area (Å²) in [6.45, 7) is 2.18. The Morgan fingerprint density at radius 1 is 1.17 bits per heavy atom. The van der Waals surface area contributed by atoms with Gasteiger partial charge in [-0.1, -0.05) is 0 Å². The van der Waals surface area contributed by atoms with Gasteiger partial charge >= 0.3 is 5.97 Å². The van der Waals surface area contributed by atoms with E-state index in [2.05, 4.69) is 0 Å². The van der Waals surface area contributed by atoms with Crippen molar-refractivity contribution in [2.24, 2.45) is 23.7 Å². The molecule has 0 spiro atoms. The first-order valence-corrected chi connectivity index (χ1v) is 6.76. The fourth-order valence-corrected chi connectivity index (χ4v) is 3.26. The van der Waals surface area contributed by atoms with Gasteiger partial charge in [-0.05, 0) is 31.1 Å². The lowest BCUT2D eigenvalue weighted by Crippen LogP contribution is -2.35. The van der Waals surface area contributed by atoms with Crippen LogP contribution in [0.2, 0.25) is 0 Å². The van der Waals surface area contributed by atoms with Crippen molar-refractivity contribution < 1.29 is 19.4 Å². The monoisotopic (exact) mass is 253 g/mol. The van der Waals surface area contributed by atoms with Crippen LogP contribution in [0.5, 0.6) is 0 Å². The van der Waals surface area contributed by atoms with Gasteiger partial charge in [-0.25, -0.2) is 0 Å². The van der Waals surface area contributed by atoms with Gasteiger partial charge in [-0.15, -0.1) is 0 Å². The first-order valence-electron chi connectivity index (χ1n) is 6.76. The molecule has 0 aromatic carbocycles. The van der Waals surface area contributed by atoms with Gasteiger partial charge in [0, 0.05) is 19.7 Å². The van der Waals surface area contributed by atoms with E-state index in [1.165, 1.54) is 0 Å². The summed E-state index contributed by atoms with van der Waals surface area (Å²) in [6.07, 6.45) is 3.03. The molecule has 1 N–H and O–H groups in total. The van der Waals surface area contributed by atoms with Crippen molar-refractivity contribution in [3.63, 3.8) is 0 Å². The van der Waals surface area contributed by atoms with Gasteiger partial charge in [0.2, 0.25) is 5.91 Å². The number of carboxylic acids is 1. The third-order valence-electron chi connectivity index (χ3n) is 4.50. The van der Waals surface area contributed by atoms with E-state index in [0.29, 0.717) is 32.2 Å².